The van der Waals surface area contributed by atoms with Crippen molar-refractivity contribution in [2.75, 3.05) is 0 Å². The molecule has 2 N–H and O–H groups in total. The lowest BCUT2D eigenvalue weighted by Crippen LogP contribution is -2.30. The van der Waals surface area contributed by atoms with E-state index in [0.29, 0.717) is 12.1 Å². The third-order valence-electron chi connectivity index (χ3n) is 2.89. The molecule has 1 amide bonds. The molecule has 6 nitrogen and oxygen atoms in total. The minimum Gasteiger partial charge on any atom is -0.350 e. The monoisotopic (exact) mass is 287 g/mol. The highest BCUT2D eigenvalue weighted by Crippen LogP contribution is 2.06. The SMILES string of the molecule is CC(C)NC(=O)c1ccc(Cn2ccc(=O)[nH]c2=O)cc1. The quantitative estimate of drug-likeness (QED) is 0.869. The van der Waals surface area contributed by atoms with Gasteiger partial charge in [0.05, 0.1) is 6.54 Å². The first-order chi connectivity index (χ1) is 9.95. The zero-order valence-electron chi connectivity index (χ0n) is 11.9. The van der Waals surface area contributed by atoms with Crippen molar-refractivity contribution >= 4 is 5.91 Å². The molecule has 2 rings (SSSR count). The topological polar surface area (TPSA) is 84.0 Å². The van der Waals surface area contributed by atoms with Crippen LogP contribution in [-0.4, -0.2) is 21.5 Å². The smallest absolute Gasteiger partial charge is 0.328 e. The highest BCUT2D eigenvalue weighted by Gasteiger charge is 2.06. The summed E-state index contributed by atoms with van der Waals surface area (Å²) >= 11 is 0. The fraction of sp³-hybridized carbons (Fsp3) is 0.267. The van der Waals surface area contributed by atoms with Crippen molar-refractivity contribution < 1.29 is 4.79 Å². The minimum absolute atomic E-state index is 0.0805. The number of amides is 1. The van der Waals surface area contributed by atoms with Gasteiger partial charge in [-0.1, -0.05) is 12.1 Å². The molecule has 0 fully saturated rings. The van der Waals surface area contributed by atoms with E-state index in [4.69, 9.17) is 0 Å². The number of nitrogens with one attached hydrogen (secondary N) is 2. The fourth-order valence-corrected chi connectivity index (χ4v) is 1.87. The molecular formula is C15H17N3O3. The van der Waals surface area contributed by atoms with Crippen LogP contribution in [0.1, 0.15) is 29.8 Å². The first kappa shape index (κ1) is 14.8. The molecule has 1 aromatic carbocycles. The van der Waals surface area contributed by atoms with E-state index in [-0.39, 0.29) is 11.9 Å². The molecule has 0 atom stereocenters. The highest BCUT2D eigenvalue weighted by molar-refractivity contribution is 5.94. The second-order valence-electron chi connectivity index (χ2n) is 5.06. The number of benzene rings is 1. The number of nitrogens with zero attached hydrogens (tertiary/aromatic N) is 1. The minimum atomic E-state index is -0.455. The molecule has 0 bridgehead atoms. The van der Waals surface area contributed by atoms with Crippen LogP contribution < -0.4 is 16.6 Å². The standard InChI is InChI=1S/C15H17N3O3/c1-10(2)16-14(20)12-5-3-11(4-6-12)9-18-8-7-13(19)17-15(18)21/h3-8,10H,9H2,1-2H3,(H,16,20)(H,17,19,21). The van der Waals surface area contributed by atoms with Crippen molar-refractivity contribution in [2.24, 2.45) is 0 Å². The lowest BCUT2D eigenvalue weighted by molar-refractivity contribution is 0.0943. The molecule has 6 heteroatoms. The van der Waals surface area contributed by atoms with Crippen molar-refractivity contribution in [2.45, 2.75) is 26.4 Å². The predicted molar refractivity (Wildman–Crippen MR) is 79.5 cm³/mol. The van der Waals surface area contributed by atoms with Crippen LogP contribution in [-0.2, 0) is 6.54 Å². The normalized spacial score (nSPS) is 10.6. The van der Waals surface area contributed by atoms with Crippen LogP contribution in [0.15, 0.2) is 46.1 Å². The summed E-state index contributed by atoms with van der Waals surface area (Å²) in [4.78, 5) is 36.6. The van der Waals surface area contributed by atoms with E-state index in [1.807, 2.05) is 13.8 Å². The van der Waals surface area contributed by atoms with Gasteiger partial charge in [-0.2, -0.15) is 0 Å². The molecule has 0 aliphatic rings. The second-order valence-corrected chi connectivity index (χ2v) is 5.06. The summed E-state index contributed by atoms with van der Waals surface area (Å²) in [5, 5.41) is 2.81. The second kappa shape index (κ2) is 6.21. The van der Waals surface area contributed by atoms with Gasteiger partial charge < -0.3 is 5.32 Å². The molecule has 110 valence electrons. The fourth-order valence-electron chi connectivity index (χ4n) is 1.87. The number of H-pyrrole nitrogens is 1. The number of rotatable bonds is 4. The van der Waals surface area contributed by atoms with Gasteiger partial charge in [-0.15, -0.1) is 0 Å². The molecule has 0 radical (unpaired) electrons. The molecule has 1 aromatic heterocycles. The number of aromatic amines is 1. The zero-order chi connectivity index (χ0) is 15.4. The molecule has 0 unspecified atom stereocenters. The van der Waals surface area contributed by atoms with Gasteiger partial charge in [-0.3, -0.25) is 19.1 Å². The maximum atomic E-state index is 11.8. The Bertz CT molecular complexity index is 742. The molecule has 21 heavy (non-hydrogen) atoms. The first-order valence-corrected chi connectivity index (χ1v) is 6.65. The summed E-state index contributed by atoms with van der Waals surface area (Å²) in [6.07, 6.45) is 1.44. The van der Waals surface area contributed by atoms with E-state index in [9.17, 15) is 14.4 Å². The van der Waals surface area contributed by atoms with E-state index in [0.717, 1.165) is 5.56 Å². The van der Waals surface area contributed by atoms with E-state index >= 15 is 0 Å². The molecule has 0 spiro atoms. The molecule has 0 saturated carbocycles. The van der Waals surface area contributed by atoms with Crippen molar-refractivity contribution in [1.29, 1.82) is 0 Å². The van der Waals surface area contributed by atoms with Crippen molar-refractivity contribution in [1.82, 2.24) is 14.9 Å². The van der Waals surface area contributed by atoms with Crippen LogP contribution in [0.3, 0.4) is 0 Å². The molecular weight excluding hydrogens is 270 g/mol. The van der Waals surface area contributed by atoms with Crippen LogP contribution >= 0.6 is 0 Å². The van der Waals surface area contributed by atoms with Gasteiger partial charge in [0.1, 0.15) is 0 Å². The van der Waals surface area contributed by atoms with Crippen LogP contribution in [0, 0.1) is 0 Å². The van der Waals surface area contributed by atoms with Gasteiger partial charge >= 0.3 is 5.69 Å². The van der Waals surface area contributed by atoms with Gasteiger partial charge in [-0.05, 0) is 31.5 Å². The van der Waals surface area contributed by atoms with Gasteiger partial charge in [-0.25, -0.2) is 4.79 Å². The third kappa shape index (κ3) is 3.92. The molecule has 1 heterocycles. The Hall–Kier alpha value is -2.63. The Kier molecular flexibility index (Phi) is 4.37. The van der Waals surface area contributed by atoms with E-state index in [2.05, 4.69) is 10.3 Å². The summed E-state index contributed by atoms with van der Waals surface area (Å²) in [5.41, 5.74) is 0.563. The summed E-state index contributed by atoms with van der Waals surface area (Å²) in [5.74, 6) is -0.127. The van der Waals surface area contributed by atoms with Crippen LogP contribution in [0.2, 0.25) is 0 Å². The van der Waals surface area contributed by atoms with Crippen molar-refractivity contribution in [3.8, 4) is 0 Å². The first-order valence-electron chi connectivity index (χ1n) is 6.65. The van der Waals surface area contributed by atoms with E-state index < -0.39 is 11.2 Å². The van der Waals surface area contributed by atoms with Gasteiger partial charge in [0.25, 0.3) is 11.5 Å². The Balaban J connectivity index is 2.14. The Morgan fingerprint density at radius 3 is 2.43 bits per heavy atom. The highest BCUT2D eigenvalue weighted by atomic mass is 16.2. The van der Waals surface area contributed by atoms with Crippen LogP contribution in [0.25, 0.3) is 0 Å². The summed E-state index contributed by atoms with van der Waals surface area (Å²) in [7, 11) is 0. The molecule has 2 aromatic rings. The number of hydrogen-bond acceptors (Lipinski definition) is 3. The zero-order valence-corrected chi connectivity index (χ0v) is 11.9. The summed E-state index contributed by atoms with van der Waals surface area (Å²) in [6, 6.07) is 8.37. The Morgan fingerprint density at radius 1 is 1.19 bits per heavy atom. The van der Waals surface area contributed by atoms with Gasteiger partial charge in [0, 0.05) is 23.9 Å². The number of carbonyl (C=O) groups excluding carboxylic acids is 1. The molecule has 0 aliphatic carbocycles. The van der Waals surface area contributed by atoms with Crippen LogP contribution in [0.5, 0.6) is 0 Å². The van der Waals surface area contributed by atoms with E-state index in [1.54, 1.807) is 24.3 Å². The number of carbonyl (C=O) groups is 1. The maximum Gasteiger partial charge on any atom is 0.328 e. The van der Waals surface area contributed by atoms with Crippen molar-refractivity contribution in [3.05, 3.63) is 68.5 Å². The lowest BCUT2D eigenvalue weighted by atomic mass is 10.1. The van der Waals surface area contributed by atoms with Gasteiger partial charge in [0.15, 0.2) is 0 Å². The average molecular weight is 287 g/mol. The van der Waals surface area contributed by atoms with Crippen LogP contribution in [0.4, 0.5) is 0 Å². The summed E-state index contributed by atoms with van der Waals surface area (Å²) in [6.45, 7) is 4.13. The Morgan fingerprint density at radius 2 is 1.86 bits per heavy atom. The molecule has 0 saturated heterocycles. The van der Waals surface area contributed by atoms with E-state index in [1.165, 1.54) is 16.8 Å². The maximum absolute atomic E-state index is 11.8. The number of hydrogen-bond donors (Lipinski definition) is 2. The lowest BCUT2D eigenvalue weighted by Gasteiger charge is -2.09. The predicted octanol–water partition coefficient (Wildman–Crippen LogP) is 0.723. The Labute approximate surface area is 121 Å². The number of aromatic nitrogens is 2. The third-order valence-corrected chi connectivity index (χ3v) is 2.89. The summed E-state index contributed by atoms with van der Waals surface area (Å²) < 4.78 is 1.39. The largest absolute Gasteiger partial charge is 0.350 e. The molecule has 0 aliphatic heterocycles. The van der Waals surface area contributed by atoms with Crippen molar-refractivity contribution in [3.63, 3.8) is 0 Å². The average Bonchev–Trinajstić information content (AvgIpc) is 2.42. The van der Waals surface area contributed by atoms with Gasteiger partial charge in [0.2, 0.25) is 0 Å².